The zero-order valence-corrected chi connectivity index (χ0v) is 11.6. The average molecular weight is 281 g/mol. The van der Waals surface area contributed by atoms with Crippen LogP contribution in [0, 0.1) is 0 Å². The van der Waals surface area contributed by atoms with Gasteiger partial charge in [0.15, 0.2) is 5.82 Å². The predicted octanol–water partition coefficient (Wildman–Crippen LogP) is 2.06. The Morgan fingerprint density at radius 3 is 2.67 bits per heavy atom. The molecule has 0 unspecified atom stereocenters. The number of benzene rings is 2. The Kier molecular flexibility index (Phi) is 3.61. The Morgan fingerprint density at radius 2 is 1.86 bits per heavy atom. The lowest BCUT2D eigenvalue weighted by atomic mass is 10.1. The number of nitrogen functional groups attached to an aromatic ring is 1. The highest BCUT2D eigenvalue weighted by atomic mass is 16.5. The number of aromatic nitrogens is 4. The average Bonchev–Trinajstić information content (AvgIpc) is 2.98. The smallest absolute Gasteiger partial charge is 0.189 e. The molecule has 0 aliphatic heterocycles. The summed E-state index contributed by atoms with van der Waals surface area (Å²) in [7, 11) is 1.66. The van der Waals surface area contributed by atoms with Gasteiger partial charge in [-0.3, -0.25) is 0 Å². The molecule has 3 rings (SSSR count). The number of methoxy groups -OCH3 is 1. The van der Waals surface area contributed by atoms with Crippen LogP contribution in [-0.2, 0) is 11.3 Å². The first-order chi connectivity index (χ1) is 10.3. The SMILES string of the molecule is COCc1ccccc1-n1nnnc1-c1ccccc1N. The Balaban J connectivity index is 2.14. The highest BCUT2D eigenvalue weighted by molar-refractivity contribution is 5.72. The van der Waals surface area contributed by atoms with Crippen LogP contribution in [0.3, 0.4) is 0 Å². The number of nitrogens with two attached hydrogens (primary N) is 1. The molecule has 0 fully saturated rings. The molecular weight excluding hydrogens is 266 g/mol. The highest BCUT2D eigenvalue weighted by Gasteiger charge is 2.15. The van der Waals surface area contributed by atoms with Gasteiger partial charge in [-0.25, -0.2) is 0 Å². The maximum Gasteiger partial charge on any atom is 0.189 e. The van der Waals surface area contributed by atoms with E-state index in [1.807, 2.05) is 48.5 Å². The van der Waals surface area contributed by atoms with Gasteiger partial charge in [0.1, 0.15) is 0 Å². The summed E-state index contributed by atoms with van der Waals surface area (Å²) in [6.45, 7) is 0.486. The maximum atomic E-state index is 6.02. The van der Waals surface area contributed by atoms with Gasteiger partial charge in [-0.2, -0.15) is 4.68 Å². The fraction of sp³-hybridized carbons (Fsp3) is 0.133. The van der Waals surface area contributed by atoms with E-state index in [4.69, 9.17) is 10.5 Å². The van der Waals surface area contributed by atoms with Crippen LogP contribution in [0.15, 0.2) is 48.5 Å². The molecule has 2 N–H and O–H groups in total. The summed E-state index contributed by atoms with van der Waals surface area (Å²) in [4.78, 5) is 0. The largest absolute Gasteiger partial charge is 0.398 e. The third-order valence-electron chi connectivity index (χ3n) is 3.19. The van der Waals surface area contributed by atoms with Gasteiger partial charge in [-0.05, 0) is 28.6 Å². The molecule has 21 heavy (non-hydrogen) atoms. The van der Waals surface area contributed by atoms with Gasteiger partial charge < -0.3 is 10.5 Å². The van der Waals surface area contributed by atoms with E-state index in [1.165, 1.54) is 0 Å². The molecule has 0 saturated carbocycles. The number of para-hydroxylation sites is 2. The van der Waals surface area contributed by atoms with Crippen molar-refractivity contribution < 1.29 is 4.74 Å². The van der Waals surface area contributed by atoms with Crippen molar-refractivity contribution in [2.75, 3.05) is 12.8 Å². The third-order valence-corrected chi connectivity index (χ3v) is 3.19. The van der Waals surface area contributed by atoms with Gasteiger partial charge in [-0.1, -0.05) is 30.3 Å². The first-order valence-corrected chi connectivity index (χ1v) is 6.51. The number of ether oxygens (including phenoxy) is 1. The number of anilines is 1. The summed E-state index contributed by atoms with van der Waals surface area (Å²) in [6.07, 6.45) is 0. The van der Waals surface area contributed by atoms with Gasteiger partial charge in [0.25, 0.3) is 0 Å². The predicted molar refractivity (Wildman–Crippen MR) is 79.7 cm³/mol. The minimum Gasteiger partial charge on any atom is -0.398 e. The van der Waals surface area contributed by atoms with E-state index in [2.05, 4.69) is 15.5 Å². The zero-order chi connectivity index (χ0) is 14.7. The number of nitrogens with zero attached hydrogens (tertiary/aromatic N) is 4. The van der Waals surface area contributed by atoms with Crippen molar-refractivity contribution in [1.82, 2.24) is 20.2 Å². The summed E-state index contributed by atoms with van der Waals surface area (Å²) in [5.41, 5.74) is 9.34. The fourth-order valence-corrected chi connectivity index (χ4v) is 2.21. The summed E-state index contributed by atoms with van der Waals surface area (Å²) < 4.78 is 6.91. The molecule has 1 heterocycles. The molecule has 0 atom stereocenters. The van der Waals surface area contributed by atoms with Crippen molar-refractivity contribution in [2.45, 2.75) is 6.61 Å². The molecule has 0 aliphatic rings. The molecule has 0 radical (unpaired) electrons. The van der Waals surface area contributed by atoms with Gasteiger partial charge in [0.05, 0.1) is 12.3 Å². The zero-order valence-electron chi connectivity index (χ0n) is 11.6. The van der Waals surface area contributed by atoms with Gasteiger partial charge in [0.2, 0.25) is 0 Å². The molecule has 6 nitrogen and oxygen atoms in total. The van der Waals surface area contributed by atoms with Crippen LogP contribution in [0.4, 0.5) is 5.69 Å². The van der Waals surface area contributed by atoms with Gasteiger partial charge >= 0.3 is 0 Å². The molecular formula is C15H15N5O. The van der Waals surface area contributed by atoms with E-state index in [1.54, 1.807) is 11.8 Å². The molecule has 3 aromatic rings. The maximum absolute atomic E-state index is 6.02. The second kappa shape index (κ2) is 5.72. The minimum atomic E-state index is 0.486. The van der Waals surface area contributed by atoms with Crippen LogP contribution in [0.1, 0.15) is 5.56 Å². The van der Waals surface area contributed by atoms with E-state index in [0.29, 0.717) is 18.1 Å². The Labute approximate surface area is 122 Å². The van der Waals surface area contributed by atoms with Crippen molar-refractivity contribution in [2.24, 2.45) is 0 Å². The monoisotopic (exact) mass is 281 g/mol. The van der Waals surface area contributed by atoms with Crippen LogP contribution in [0.5, 0.6) is 0 Å². The van der Waals surface area contributed by atoms with E-state index < -0.39 is 0 Å². The first-order valence-electron chi connectivity index (χ1n) is 6.51. The number of hydrogen-bond donors (Lipinski definition) is 1. The summed E-state index contributed by atoms with van der Waals surface area (Å²) >= 11 is 0. The number of tetrazole rings is 1. The fourth-order valence-electron chi connectivity index (χ4n) is 2.21. The summed E-state index contributed by atoms with van der Waals surface area (Å²) in [6, 6.07) is 15.3. The van der Waals surface area contributed by atoms with Crippen molar-refractivity contribution in [3.8, 4) is 17.1 Å². The topological polar surface area (TPSA) is 78.8 Å². The second-order valence-corrected chi connectivity index (χ2v) is 4.56. The quantitative estimate of drug-likeness (QED) is 0.740. The Bertz CT molecular complexity index is 753. The van der Waals surface area contributed by atoms with E-state index in [0.717, 1.165) is 16.8 Å². The van der Waals surface area contributed by atoms with Crippen LogP contribution in [0.25, 0.3) is 17.1 Å². The van der Waals surface area contributed by atoms with Crippen LogP contribution >= 0.6 is 0 Å². The third kappa shape index (κ3) is 2.48. The molecule has 0 spiro atoms. The van der Waals surface area contributed by atoms with Crippen molar-refractivity contribution in [1.29, 1.82) is 0 Å². The van der Waals surface area contributed by atoms with Crippen LogP contribution in [0.2, 0.25) is 0 Å². The molecule has 0 amide bonds. The van der Waals surface area contributed by atoms with Gasteiger partial charge in [0, 0.05) is 23.9 Å². The molecule has 2 aromatic carbocycles. The normalized spacial score (nSPS) is 10.7. The van der Waals surface area contributed by atoms with Crippen LogP contribution in [-0.4, -0.2) is 27.3 Å². The van der Waals surface area contributed by atoms with Gasteiger partial charge in [-0.15, -0.1) is 5.10 Å². The molecule has 0 bridgehead atoms. The molecule has 0 saturated heterocycles. The number of hydrogen-bond acceptors (Lipinski definition) is 5. The Morgan fingerprint density at radius 1 is 1.10 bits per heavy atom. The highest BCUT2D eigenvalue weighted by Crippen LogP contribution is 2.26. The lowest BCUT2D eigenvalue weighted by molar-refractivity contribution is 0.184. The minimum absolute atomic E-state index is 0.486. The molecule has 106 valence electrons. The second-order valence-electron chi connectivity index (χ2n) is 4.56. The van der Waals surface area contributed by atoms with Crippen molar-refractivity contribution in [3.05, 3.63) is 54.1 Å². The molecule has 6 heteroatoms. The lowest BCUT2D eigenvalue weighted by Crippen LogP contribution is -2.05. The van der Waals surface area contributed by atoms with Crippen LogP contribution < -0.4 is 5.73 Å². The standard InChI is InChI=1S/C15H15N5O/c1-21-10-11-6-2-5-9-14(11)20-15(17-18-19-20)12-7-3-4-8-13(12)16/h2-9H,10,16H2,1H3. The summed E-state index contributed by atoms with van der Waals surface area (Å²) in [5, 5.41) is 12.0. The van der Waals surface area contributed by atoms with Crippen molar-refractivity contribution >= 4 is 5.69 Å². The van der Waals surface area contributed by atoms with Crippen molar-refractivity contribution in [3.63, 3.8) is 0 Å². The van der Waals surface area contributed by atoms with E-state index >= 15 is 0 Å². The number of rotatable bonds is 4. The van der Waals surface area contributed by atoms with E-state index in [-0.39, 0.29) is 0 Å². The van der Waals surface area contributed by atoms with E-state index in [9.17, 15) is 0 Å². The summed E-state index contributed by atoms with van der Waals surface area (Å²) in [5.74, 6) is 0.608. The first kappa shape index (κ1) is 13.3. The lowest BCUT2D eigenvalue weighted by Gasteiger charge is -2.10. The molecule has 0 aliphatic carbocycles. The Hall–Kier alpha value is -2.73. The molecule has 1 aromatic heterocycles.